The van der Waals surface area contributed by atoms with Crippen molar-refractivity contribution in [3.05, 3.63) is 53.6 Å². The van der Waals surface area contributed by atoms with Crippen LogP contribution in [0.1, 0.15) is 24.6 Å². The standard InChI is InChI=1S/C19H26FN3O/c1-2-23-18(7-10-21-23)8-11-22-12-9-19(14-22,15-24)13-16-3-5-17(20)6-4-16/h3-7,10,24H,2,8-9,11-15H2,1H3. The molecule has 1 fully saturated rings. The predicted octanol–water partition coefficient (Wildman–Crippen LogP) is 2.51. The fraction of sp³-hybridized carbons (Fsp3) is 0.526. The summed E-state index contributed by atoms with van der Waals surface area (Å²) in [7, 11) is 0. The molecule has 5 heteroatoms. The van der Waals surface area contributed by atoms with E-state index >= 15 is 0 Å². The Morgan fingerprint density at radius 3 is 2.75 bits per heavy atom. The second-order valence-corrected chi connectivity index (χ2v) is 6.88. The van der Waals surface area contributed by atoms with Gasteiger partial charge in [-0.2, -0.15) is 5.10 Å². The summed E-state index contributed by atoms with van der Waals surface area (Å²) >= 11 is 0. The topological polar surface area (TPSA) is 41.3 Å². The van der Waals surface area contributed by atoms with Crippen LogP contribution in [-0.4, -0.2) is 46.0 Å². The van der Waals surface area contributed by atoms with Crippen molar-refractivity contribution in [3.63, 3.8) is 0 Å². The number of likely N-dealkylation sites (tertiary alicyclic amines) is 1. The highest BCUT2D eigenvalue weighted by Gasteiger charge is 2.37. The molecule has 0 amide bonds. The highest BCUT2D eigenvalue weighted by Crippen LogP contribution is 2.34. The lowest BCUT2D eigenvalue weighted by atomic mass is 9.81. The first-order valence-electron chi connectivity index (χ1n) is 8.72. The zero-order valence-corrected chi connectivity index (χ0v) is 14.3. The van der Waals surface area contributed by atoms with E-state index in [4.69, 9.17) is 0 Å². The zero-order chi connectivity index (χ0) is 17.0. The number of aryl methyl sites for hydroxylation is 1. The summed E-state index contributed by atoms with van der Waals surface area (Å²) in [6, 6.07) is 8.74. The van der Waals surface area contributed by atoms with Crippen LogP contribution in [0.5, 0.6) is 0 Å². The largest absolute Gasteiger partial charge is 0.396 e. The molecule has 1 aromatic carbocycles. The Morgan fingerprint density at radius 2 is 2.04 bits per heavy atom. The molecule has 1 unspecified atom stereocenters. The number of hydrogen-bond acceptors (Lipinski definition) is 3. The average molecular weight is 331 g/mol. The number of rotatable bonds is 7. The molecule has 0 radical (unpaired) electrons. The van der Waals surface area contributed by atoms with E-state index in [1.807, 2.05) is 23.0 Å². The van der Waals surface area contributed by atoms with E-state index in [1.54, 1.807) is 0 Å². The van der Waals surface area contributed by atoms with E-state index in [1.165, 1.54) is 17.8 Å². The van der Waals surface area contributed by atoms with Gasteiger partial charge in [0.1, 0.15) is 5.82 Å². The van der Waals surface area contributed by atoms with Crippen LogP contribution in [0.25, 0.3) is 0 Å². The Balaban J connectivity index is 1.58. The molecule has 1 aromatic heterocycles. The number of halogens is 1. The summed E-state index contributed by atoms with van der Waals surface area (Å²) in [5, 5.41) is 14.3. The minimum absolute atomic E-state index is 0.108. The molecule has 0 aliphatic carbocycles. The fourth-order valence-corrected chi connectivity index (χ4v) is 3.71. The Bertz CT molecular complexity index is 655. The smallest absolute Gasteiger partial charge is 0.123 e. The number of aliphatic hydroxyl groups is 1. The fourth-order valence-electron chi connectivity index (χ4n) is 3.71. The van der Waals surface area contributed by atoms with E-state index in [0.717, 1.165) is 51.0 Å². The average Bonchev–Trinajstić information content (AvgIpc) is 3.22. The van der Waals surface area contributed by atoms with Gasteiger partial charge in [-0.25, -0.2) is 4.39 Å². The van der Waals surface area contributed by atoms with Gasteiger partial charge in [0.15, 0.2) is 0 Å². The van der Waals surface area contributed by atoms with E-state index in [2.05, 4.69) is 23.0 Å². The molecule has 1 N–H and O–H groups in total. The molecule has 1 saturated heterocycles. The zero-order valence-electron chi connectivity index (χ0n) is 14.3. The molecule has 1 aliphatic heterocycles. The second kappa shape index (κ2) is 7.45. The quantitative estimate of drug-likeness (QED) is 0.848. The monoisotopic (exact) mass is 331 g/mol. The minimum Gasteiger partial charge on any atom is -0.396 e. The maximum atomic E-state index is 13.1. The Morgan fingerprint density at radius 1 is 1.25 bits per heavy atom. The van der Waals surface area contributed by atoms with E-state index in [9.17, 15) is 9.50 Å². The molecule has 4 nitrogen and oxygen atoms in total. The number of hydrogen-bond donors (Lipinski definition) is 1. The third-order valence-electron chi connectivity index (χ3n) is 5.13. The van der Waals surface area contributed by atoms with Crippen molar-refractivity contribution >= 4 is 0 Å². The molecule has 2 heterocycles. The number of nitrogens with zero attached hydrogens (tertiary/aromatic N) is 3. The van der Waals surface area contributed by atoms with Gasteiger partial charge in [-0.05, 0) is 50.1 Å². The van der Waals surface area contributed by atoms with Crippen LogP contribution in [0.4, 0.5) is 4.39 Å². The van der Waals surface area contributed by atoms with Crippen LogP contribution in [0.15, 0.2) is 36.5 Å². The third-order valence-corrected chi connectivity index (χ3v) is 5.13. The SMILES string of the molecule is CCn1nccc1CCN1CCC(CO)(Cc2ccc(F)cc2)C1. The van der Waals surface area contributed by atoms with Gasteiger partial charge in [-0.3, -0.25) is 4.68 Å². The van der Waals surface area contributed by atoms with Gasteiger partial charge in [-0.15, -0.1) is 0 Å². The molecule has 2 aromatic rings. The minimum atomic E-state index is -0.211. The molecule has 0 bridgehead atoms. The molecule has 0 saturated carbocycles. The maximum Gasteiger partial charge on any atom is 0.123 e. The molecule has 24 heavy (non-hydrogen) atoms. The van der Waals surface area contributed by atoms with Crippen molar-refractivity contribution < 1.29 is 9.50 Å². The number of aliphatic hydroxyl groups excluding tert-OH is 1. The van der Waals surface area contributed by atoms with Gasteiger partial charge >= 0.3 is 0 Å². The van der Waals surface area contributed by atoms with E-state index in [0.29, 0.717) is 0 Å². The van der Waals surface area contributed by atoms with Crippen molar-refractivity contribution in [1.82, 2.24) is 14.7 Å². The van der Waals surface area contributed by atoms with E-state index in [-0.39, 0.29) is 17.8 Å². The molecule has 3 rings (SSSR count). The number of benzene rings is 1. The maximum absolute atomic E-state index is 13.1. The van der Waals surface area contributed by atoms with Crippen LogP contribution in [0.3, 0.4) is 0 Å². The Hall–Kier alpha value is -1.72. The van der Waals surface area contributed by atoms with Crippen molar-refractivity contribution in [3.8, 4) is 0 Å². The molecular formula is C19H26FN3O. The van der Waals surface area contributed by atoms with Gasteiger partial charge in [0.25, 0.3) is 0 Å². The van der Waals surface area contributed by atoms with Crippen molar-refractivity contribution in [2.24, 2.45) is 5.41 Å². The number of aromatic nitrogens is 2. The summed E-state index contributed by atoms with van der Waals surface area (Å²) in [4.78, 5) is 2.42. The third kappa shape index (κ3) is 3.84. The summed E-state index contributed by atoms with van der Waals surface area (Å²) < 4.78 is 15.1. The first-order valence-corrected chi connectivity index (χ1v) is 8.72. The first-order chi connectivity index (χ1) is 11.6. The molecule has 0 spiro atoms. The lowest BCUT2D eigenvalue weighted by molar-refractivity contribution is 0.128. The van der Waals surface area contributed by atoms with Crippen molar-refractivity contribution in [2.75, 3.05) is 26.2 Å². The van der Waals surface area contributed by atoms with Gasteiger partial charge in [-0.1, -0.05) is 12.1 Å². The summed E-state index contributed by atoms with van der Waals surface area (Å²) in [5.74, 6) is -0.211. The first kappa shape index (κ1) is 17.1. The normalized spacial score (nSPS) is 21.5. The highest BCUT2D eigenvalue weighted by molar-refractivity contribution is 5.18. The van der Waals surface area contributed by atoms with Crippen LogP contribution < -0.4 is 0 Å². The van der Waals surface area contributed by atoms with Crippen LogP contribution in [-0.2, 0) is 19.4 Å². The van der Waals surface area contributed by atoms with Gasteiger partial charge in [0.2, 0.25) is 0 Å². The molecular weight excluding hydrogens is 305 g/mol. The van der Waals surface area contributed by atoms with Crippen LogP contribution >= 0.6 is 0 Å². The molecule has 130 valence electrons. The summed E-state index contributed by atoms with van der Waals surface area (Å²) in [6.45, 7) is 6.05. The Labute approximate surface area is 142 Å². The van der Waals surface area contributed by atoms with Crippen molar-refractivity contribution in [2.45, 2.75) is 32.7 Å². The molecule has 1 aliphatic rings. The van der Waals surface area contributed by atoms with Gasteiger partial charge < -0.3 is 10.0 Å². The molecule has 1 atom stereocenters. The van der Waals surface area contributed by atoms with Crippen LogP contribution in [0, 0.1) is 11.2 Å². The Kier molecular flexibility index (Phi) is 5.31. The highest BCUT2D eigenvalue weighted by atomic mass is 19.1. The van der Waals surface area contributed by atoms with Crippen LogP contribution in [0.2, 0.25) is 0 Å². The summed E-state index contributed by atoms with van der Waals surface area (Å²) in [6.07, 6.45) is 4.61. The second-order valence-electron chi connectivity index (χ2n) is 6.88. The lowest BCUT2D eigenvalue weighted by Crippen LogP contribution is -2.33. The van der Waals surface area contributed by atoms with Gasteiger partial charge in [0.05, 0.1) is 6.61 Å². The van der Waals surface area contributed by atoms with Crippen molar-refractivity contribution in [1.29, 1.82) is 0 Å². The van der Waals surface area contributed by atoms with Gasteiger partial charge in [0, 0.05) is 43.4 Å². The van der Waals surface area contributed by atoms with E-state index < -0.39 is 0 Å². The predicted molar refractivity (Wildman–Crippen MR) is 92.3 cm³/mol. The summed E-state index contributed by atoms with van der Waals surface area (Å²) in [5.41, 5.74) is 2.25. The lowest BCUT2D eigenvalue weighted by Gasteiger charge is -2.27.